The van der Waals surface area contributed by atoms with Crippen molar-refractivity contribution in [1.82, 2.24) is 10.2 Å². The highest BCUT2D eigenvalue weighted by Gasteiger charge is 2.21. The summed E-state index contributed by atoms with van der Waals surface area (Å²) in [7, 11) is 0. The van der Waals surface area contributed by atoms with E-state index in [4.69, 9.17) is 5.73 Å². The van der Waals surface area contributed by atoms with Crippen molar-refractivity contribution in [2.24, 2.45) is 5.73 Å². The Labute approximate surface area is 169 Å². The molecule has 1 heterocycles. The van der Waals surface area contributed by atoms with Crippen LogP contribution in [0.4, 0.5) is 0 Å². The number of hydrogen-bond acceptors (Lipinski definition) is 3. The molecular formula is C24H33N3O. The molecule has 1 saturated heterocycles. The lowest BCUT2D eigenvalue weighted by atomic mass is 9.94. The van der Waals surface area contributed by atoms with Crippen LogP contribution in [0.5, 0.6) is 0 Å². The minimum Gasteiger partial charge on any atom is -0.353 e. The molecular weight excluding hydrogens is 346 g/mol. The molecule has 2 aromatic carbocycles. The lowest BCUT2D eigenvalue weighted by molar-refractivity contribution is -0.121. The number of likely N-dealkylation sites (tertiary alicyclic amines) is 1. The molecule has 3 rings (SSSR count). The van der Waals surface area contributed by atoms with Crippen molar-refractivity contribution in [3.8, 4) is 0 Å². The minimum absolute atomic E-state index is 0.116. The first-order chi connectivity index (χ1) is 13.4. The van der Waals surface area contributed by atoms with Crippen molar-refractivity contribution in [2.75, 3.05) is 13.1 Å². The molecule has 2 aromatic rings. The molecule has 0 bridgehead atoms. The molecule has 0 atom stereocenters. The first kappa shape index (κ1) is 20.6. The van der Waals surface area contributed by atoms with Gasteiger partial charge in [0.2, 0.25) is 5.91 Å². The minimum atomic E-state index is -0.241. The van der Waals surface area contributed by atoms with Gasteiger partial charge in [-0.05, 0) is 49.8 Å². The second-order valence-electron chi connectivity index (χ2n) is 8.77. The van der Waals surface area contributed by atoms with E-state index < -0.39 is 0 Å². The van der Waals surface area contributed by atoms with E-state index in [1.165, 1.54) is 11.1 Å². The van der Waals surface area contributed by atoms with Crippen LogP contribution in [-0.4, -0.2) is 35.5 Å². The summed E-state index contributed by atoms with van der Waals surface area (Å²) in [5.41, 5.74) is 9.47. The number of carbonyl (C=O) groups is 1. The van der Waals surface area contributed by atoms with Crippen molar-refractivity contribution in [1.29, 1.82) is 0 Å². The van der Waals surface area contributed by atoms with Gasteiger partial charge in [0.05, 0.1) is 6.42 Å². The number of amides is 1. The molecule has 1 amide bonds. The summed E-state index contributed by atoms with van der Waals surface area (Å²) in [5, 5.41) is 3.23. The van der Waals surface area contributed by atoms with Crippen molar-refractivity contribution in [3.63, 3.8) is 0 Å². The third-order valence-corrected chi connectivity index (χ3v) is 5.22. The maximum Gasteiger partial charge on any atom is 0.224 e. The summed E-state index contributed by atoms with van der Waals surface area (Å²) < 4.78 is 0. The normalized spacial score (nSPS) is 16.1. The Bertz CT molecular complexity index is 759. The molecule has 0 aromatic heterocycles. The van der Waals surface area contributed by atoms with Gasteiger partial charge < -0.3 is 11.1 Å². The Balaban J connectivity index is 1.44. The number of piperidine rings is 1. The highest BCUT2D eigenvalue weighted by Crippen LogP contribution is 2.15. The molecule has 0 radical (unpaired) electrons. The number of nitrogens with zero attached hydrogens (tertiary/aromatic N) is 1. The van der Waals surface area contributed by atoms with Gasteiger partial charge in [-0.25, -0.2) is 0 Å². The van der Waals surface area contributed by atoms with E-state index in [1.807, 2.05) is 26.0 Å². The van der Waals surface area contributed by atoms with Crippen molar-refractivity contribution >= 4 is 5.91 Å². The van der Waals surface area contributed by atoms with Gasteiger partial charge in [-0.2, -0.15) is 0 Å². The molecule has 1 aliphatic rings. The summed E-state index contributed by atoms with van der Waals surface area (Å²) in [6.07, 6.45) is 3.27. The predicted octanol–water partition coefficient (Wildman–Crippen LogP) is 3.29. The number of nitrogens with two attached hydrogens (primary N) is 1. The molecule has 4 nitrogen and oxygen atoms in total. The van der Waals surface area contributed by atoms with Crippen LogP contribution in [0.3, 0.4) is 0 Å². The number of benzene rings is 2. The summed E-state index contributed by atoms with van der Waals surface area (Å²) in [5.74, 6) is 0.116. The topological polar surface area (TPSA) is 58.4 Å². The molecule has 3 N–H and O–H groups in total. The lowest BCUT2D eigenvalue weighted by Gasteiger charge is -2.32. The molecule has 0 unspecified atom stereocenters. The van der Waals surface area contributed by atoms with E-state index >= 15 is 0 Å². The van der Waals surface area contributed by atoms with Gasteiger partial charge in [0.1, 0.15) is 0 Å². The Morgan fingerprint density at radius 1 is 1.04 bits per heavy atom. The monoisotopic (exact) mass is 379 g/mol. The number of hydrogen-bond donors (Lipinski definition) is 2. The fraction of sp³-hybridized carbons (Fsp3) is 0.458. The van der Waals surface area contributed by atoms with Crippen LogP contribution in [0.15, 0.2) is 54.6 Å². The van der Waals surface area contributed by atoms with Crippen LogP contribution in [0.25, 0.3) is 0 Å². The standard InChI is InChI=1S/C24H33N3O/c1-24(2,25)17-21-10-6-9-20(15-21)16-23(28)26-22-11-13-27(14-12-22)18-19-7-4-3-5-8-19/h3-10,15,22H,11-14,16-18,25H2,1-2H3,(H,26,28). The van der Waals surface area contributed by atoms with Gasteiger partial charge in [0, 0.05) is 31.2 Å². The number of nitrogens with one attached hydrogen (secondary N) is 1. The fourth-order valence-electron chi connectivity index (χ4n) is 3.92. The smallest absolute Gasteiger partial charge is 0.224 e. The molecule has 0 spiro atoms. The van der Waals surface area contributed by atoms with Crippen LogP contribution < -0.4 is 11.1 Å². The summed E-state index contributed by atoms with van der Waals surface area (Å²) >= 11 is 0. The molecule has 0 saturated carbocycles. The van der Waals surface area contributed by atoms with Crippen LogP contribution in [0.2, 0.25) is 0 Å². The molecule has 0 aliphatic carbocycles. The van der Waals surface area contributed by atoms with E-state index in [1.54, 1.807) is 0 Å². The molecule has 150 valence electrons. The second-order valence-corrected chi connectivity index (χ2v) is 8.77. The molecule has 1 fully saturated rings. The van der Waals surface area contributed by atoms with Crippen LogP contribution in [-0.2, 0) is 24.2 Å². The van der Waals surface area contributed by atoms with E-state index in [-0.39, 0.29) is 17.5 Å². The maximum absolute atomic E-state index is 12.5. The Morgan fingerprint density at radius 2 is 1.68 bits per heavy atom. The van der Waals surface area contributed by atoms with E-state index in [2.05, 4.69) is 52.7 Å². The molecule has 1 aliphatic heterocycles. The van der Waals surface area contributed by atoms with Crippen LogP contribution in [0.1, 0.15) is 43.4 Å². The predicted molar refractivity (Wildman–Crippen MR) is 115 cm³/mol. The zero-order valence-electron chi connectivity index (χ0n) is 17.2. The highest BCUT2D eigenvalue weighted by atomic mass is 16.1. The van der Waals surface area contributed by atoms with Crippen molar-refractivity contribution in [3.05, 3.63) is 71.3 Å². The second kappa shape index (κ2) is 9.35. The average Bonchev–Trinajstić information content (AvgIpc) is 2.63. The summed E-state index contributed by atoms with van der Waals surface area (Å²) in [4.78, 5) is 15.0. The van der Waals surface area contributed by atoms with Crippen LogP contribution in [0, 0.1) is 0 Å². The van der Waals surface area contributed by atoms with E-state index in [9.17, 15) is 4.79 Å². The summed E-state index contributed by atoms with van der Waals surface area (Å²) in [6, 6.07) is 19.1. The third kappa shape index (κ3) is 6.77. The Morgan fingerprint density at radius 3 is 2.36 bits per heavy atom. The average molecular weight is 380 g/mol. The zero-order chi connectivity index (χ0) is 20.0. The van der Waals surface area contributed by atoms with Gasteiger partial charge in [0.15, 0.2) is 0 Å². The van der Waals surface area contributed by atoms with Crippen LogP contribution >= 0.6 is 0 Å². The fourth-order valence-corrected chi connectivity index (χ4v) is 3.92. The van der Waals surface area contributed by atoms with E-state index in [0.29, 0.717) is 6.42 Å². The maximum atomic E-state index is 12.5. The third-order valence-electron chi connectivity index (χ3n) is 5.22. The Kier molecular flexibility index (Phi) is 6.87. The SMILES string of the molecule is CC(C)(N)Cc1cccc(CC(=O)NC2CCN(Cc3ccccc3)CC2)c1. The van der Waals surface area contributed by atoms with E-state index in [0.717, 1.165) is 44.5 Å². The highest BCUT2D eigenvalue weighted by molar-refractivity contribution is 5.78. The largest absolute Gasteiger partial charge is 0.353 e. The van der Waals surface area contributed by atoms with Gasteiger partial charge in [-0.15, -0.1) is 0 Å². The number of carbonyl (C=O) groups excluding carboxylic acids is 1. The zero-order valence-corrected chi connectivity index (χ0v) is 17.2. The quantitative estimate of drug-likeness (QED) is 0.776. The van der Waals surface area contributed by atoms with Gasteiger partial charge in [-0.1, -0.05) is 54.6 Å². The van der Waals surface area contributed by atoms with Crippen molar-refractivity contribution in [2.45, 2.75) is 57.7 Å². The first-order valence-electron chi connectivity index (χ1n) is 10.3. The van der Waals surface area contributed by atoms with Crippen molar-refractivity contribution < 1.29 is 4.79 Å². The molecule has 28 heavy (non-hydrogen) atoms. The lowest BCUT2D eigenvalue weighted by Crippen LogP contribution is -2.44. The first-order valence-corrected chi connectivity index (χ1v) is 10.3. The van der Waals surface area contributed by atoms with Gasteiger partial charge in [-0.3, -0.25) is 9.69 Å². The Hall–Kier alpha value is -2.17. The van der Waals surface area contributed by atoms with Gasteiger partial charge >= 0.3 is 0 Å². The van der Waals surface area contributed by atoms with Gasteiger partial charge in [0.25, 0.3) is 0 Å². The summed E-state index contributed by atoms with van der Waals surface area (Å²) in [6.45, 7) is 7.10. The number of rotatable bonds is 7. The molecule has 4 heteroatoms.